The van der Waals surface area contributed by atoms with Crippen LogP contribution in [0.4, 0.5) is 11.5 Å². The minimum Gasteiger partial charge on any atom is -0.508 e. The predicted molar refractivity (Wildman–Crippen MR) is 156 cm³/mol. The third kappa shape index (κ3) is 5.90. The first-order valence-electron chi connectivity index (χ1n) is 13.7. The van der Waals surface area contributed by atoms with Gasteiger partial charge in [0.15, 0.2) is 0 Å². The normalized spacial score (nSPS) is 15.7. The van der Waals surface area contributed by atoms with Crippen LogP contribution in [0.1, 0.15) is 86.2 Å². The number of aryl methyl sites for hydroxylation is 1. The van der Waals surface area contributed by atoms with Crippen LogP contribution in [0.15, 0.2) is 30.3 Å². The molecule has 0 spiro atoms. The molecule has 1 amide bonds. The fourth-order valence-electron chi connectivity index (χ4n) is 5.67. The molecule has 206 valence electrons. The topological polar surface area (TPSA) is 138 Å². The van der Waals surface area contributed by atoms with Crippen LogP contribution >= 0.6 is 11.3 Å². The molecule has 8 nitrogen and oxygen atoms in total. The van der Waals surface area contributed by atoms with E-state index in [0.29, 0.717) is 23.0 Å². The predicted octanol–water partition coefficient (Wildman–Crippen LogP) is 4.88. The van der Waals surface area contributed by atoms with Crippen LogP contribution in [0.25, 0.3) is 10.2 Å². The summed E-state index contributed by atoms with van der Waals surface area (Å²) in [4.78, 5) is 20.3. The van der Waals surface area contributed by atoms with E-state index in [1.54, 1.807) is 24.3 Å². The number of nitrogens with zero attached hydrogens (tertiary/aromatic N) is 2. The van der Waals surface area contributed by atoms with Crippen LogP contribution in [0, 0.1) is 0 Å². The standard InChI is InChI=1S/C29H41N5O3S/c1-4-7-19-16-23(32-28-24(19)25(30)26(38-28)27(31)37)34-14-12-20(13-15-34)33-29(5-2,6-3)17-22(36)18-8-10-21(35)11-9-18/h8-11,16,20,22,33,35-36H,4-7,12-15,17,30H2,1-3H3,(H2,31,37). The monoisotopic (exact) mass is 539 g/mol. The average molecular weight is 540 g/mol. The Balaban J connectivity index is 1.46. The molecule has 7 N–H and O–H groups in total. The molecule has 0 radical (unpaired) electrons. The highest BCUT2D eigenvalue weighted by atomic mass is 32.1. The molecule has 0 aliphatic carbocycles. The fourth-order valence-corrected chi connectivity index (χ4v) is 6.66. The van der Waals surface area contributed by atoms with Crippen LogP contribution in [0.2, 0.25) is 0 Å². The maximum absolute atomic E-state index is 11.9. The molecule has 1 saturated heterocycles. The van der Waals surface area contributed by atoms with Crippen molar-refractivity contribution >= 4 is 39.0 Å². The number of nitrogens with one attached hydrogen (secondary N) is 1. The number of nitrogen functional groups attached to an aromatic ring is 1. The number of nitrogens with two attached hydrogens (primary N) is 2. The Hall–Kier alpha value is -2.88. The van der Waals surface area contributed by atoms with Gasteiger partial charge in [0.25, 0.3) is 5.91 Å². The number of hydrogen-bond donors (Lipinski definition) is 5. The second-order valence-corrected chi connectivity index (χ2v) is 11.5. The molecule has 38 heavy (non-hydrogen) atoms. The van der Waals surface area contributed by atoms with Crippen molar-refractivity contribution in [2.75, 3.05) is 23.7 Å². The van der Waals surface area contributed by atoms with E-state index in [-0.39, 0.29) is 11.3 Å². The zero-order chi connectivity index (χ0) is 27.4. The average Bonchev–Trinajstić information content (AvgIpc) is 3.26. The molecule has 2 aromatic heterocycles. The number of aromatic hydroxyl groups is 1. The van der Waals surface area contributed by atoms with Gasteiger partial charge in [0.1, 0.15) is 21.3 Å². The van der Waals surface area contributed by atoms with Crippen LogP contribution in [-0.2, 0) is 6.42 Å². The number of hydrogen-bond acceptors (Lipinski definition) is 8. The van der Waals surface area contributed by atoms with Crippen molar-refractivity contribution in [3.63, 3.8) is 0 Å². The molecular weight excluding hydrogens is 498 g/mol. The Morgan fingerprint density at radius 2 is 1.87 bits per heavy atom. The van der Waals surface area contributed by atoms with Gasteiger partial charge in [0.05, 0.1) is 11.8 Å². The highest BCUT2D eigenvalue weighted by Gasteiger charge is 2.33. The molecule has 3 aromatic rings. The Morgan fingerprint density at radius 3 is 2.45 bits per heavy atom. The maximum atomic E-state index is 11.9. The number of aliphatic hydroxyl groups is 1. The largest absolute Gasteiger partial charge is 0.508 e. The Morgan fingerprint density at radius 1 is 1.21 bits per heavy atom. The number of fused-ring (bicyclic) bond motifs is 1. The Bertz CT molecular complexity index is 1250. The van der Waals surface area contributed by atoms with E-state index >= 15 is 0 Å². The molecule has 4 rings (SSSR count). The lowest BCUT2D eigenvalue weighted by molar-refractivity contribution is 0.100. The Labute approximate surface area is 229 Å². The molecular formula is C29H41N5O3S. The zero-order valence-corrected chi connectivity index (χ0v) is 23.5. The second-order valence-electron chi connectivity index (χ2n) is 10.5. The van der Waals surface area contributed by atoms with Crippen molar-refractivity contribution in [1.29, 1.82) is 0 Å². The van der Waals surface area contributed by atoms with E-state index in [1.807, 2.05) is 0 Å². The highest BCUT2D eigenvalue weighted by molar-refractivity contribution is 7.21. The van der Waals surface area contributed by atoms with Gasteiger partial charge in [0, 0.05) is 30.1 Å². The molecule has 1 fully saturated rings. The fraction of sp³-hybridized carbons (Fsp3) is 0.517. The summed E-state index contributed by atoms with van der Waals surface area (Å²) < 4.78 is 0. The number of pyridine rings is 1. The first kappa shape index (κ1) is 28.1. The number of carbonyl (C=O) groups is 1. The minimum absolute atomic E-state index is 0.171. The number of phenols is 1. The summed E-state index contributed by atoms with van der Waals surface area (Å²) in [5.74, 6) is 0.623. The number of benzene rings is 1. The van der Waals surface area contributed by atoms with Gasteiger partial charge in [-0.3, -0.25) is 4.79 Å². The van der Waals surface area contributed by atoms with Gasteiger partial charge in [0.2, 0.25) is 0 Å². The number of phenolic OH excluding ortho intramolecular Hbond substituents is 1. The molecule has 0 saturated carbocycles. The van der Waals surface area contributed by atoms with E-state index in [0.717, 1.165) is 78.8 Å². The third-order valence-corrected chi connectivity index (χ3v) is 9.17. The molecule has 1 aliphatic heterocycles. The maximum Gasteiger partial charge on any atom is 0.260 e. The van der Waals surface area contributed by atoms with Crippen molar-refractivity contribution in [2.45, 2.75) is 83.4 Å². The number of aromatic nitrogens is 1. The number of rotatable bonds is 11. The second kappa shape index (κ2) is 11.9. The summed E-state index contributed by atoms with van der Waals surface area (Å²) >= 11 is 1.28. The van der Waals surface area contributed by atoms with Gasteiger partial charge < -0.3 is 31.9 Å². The SMILES string of the molecule is CCCc1cc(N2CCC(NC(CC)(CC)CC(O)c3ccc(O)cc3)CC2)nc2sc(C(N)=O)c(N)c12. The van der Waals surface area contributed by atoms with Crippen molar-refractivity contribution in [3.05, 3.63) is 46.3 Å². The minimum atomic E-state index is -0.598. The number of thiophene rings is 1. The lowest BCUT2D eigenvalue weighted by atomic mass is 9.83. The van der Waals surface area contributed by atoms with Gasteiger partial charge in [-0.2, -0.15) is 0 Å². The molecule has 9 heteroatoms. The highest BCUT2D eigenvalue weighted by Crippen LogP contribution is 2.38. The van der Waals surface area contributed by atoms with Crippen molar-refractivity contribution < 1.29 is 15.0 Å². The van der Waals surface area contributed by atoms with Gasteiger partial charge >= 0.3 is 0 Å². The van der Waals surface area contributed by atoms with E-state index in [2.05, 4.69) is 37.1 Å². The van der Waals surface area contributed by atoms with E-state index < -0.39 is 12.0 Å². The summed E-state index contributed by atoms with van der Waals surface area (Å²) in [5, 5.41) is 25.3. The lowest BCUT2D eigenvalue weighted by Crippen LogP contribution is -2.54. The van der Waals surface area contributed by atoms with Gasteiger partial charge in [-0.25, -0.2) is 4.98 Å². The number of carbonyl (C=O) groups excluding carboxylic acids is 1. The molecule has 1 atom stereocenters. The van der Waals surface area contributed by atoms with Crippen LogP contribution in [0.5, 0.6) is 5.75 Å². The summed E-state index contributed by atoms with van der Waals surface area (Å²) in [5.41, 5.74) is 14.1. The van der Waals surface area contributed by atoms with Gasteiger partial charge in [-0.1, -0.05) is 39.3 Å². The third-order valence-electron chi connectivity index (χ3n) is 8.05. The Kier molecular flexibility index (Phi) is 8.80. The number of primary amides is 1. The summed E-state index contributed by atoms with van der Waals surface area (Å²) in [7, 11) is 0. The quantitative estimate of drug-likeness (QED) is 0.234. The molecule has 3 heterocycles. The summed E-state index contributed by atoms with van der Waals surface area (Å²) in [6.07, 6.45) is 5.63. The number of aliphatic hydroxyl groups excluding tert-OH is 1. The molecule has 1 aliphatic rings. The van der Waals surface area contributed by atoms with E-state index in [9.17, 15) is 15.0 Å². The zero-order valence-electron chi connectivity index (χ0n) is 22.7. The number of piperidine rings is 1. The lowest BCUT2D eigenvalue weighted by Gasteiger charge is -2.42. The van der Waals surface area contributed by atoms with Crippen LogP contribution in [-0.4, -0.2) is 45.8 Å². The molecule has 0 bridgehead atoms. The molecule has 1 unspecified atom stereocenters. The first-order chi connectivity index (χ1) is 18.2. The van der Waals surface area contributed by atoms with Crippen molar-refractivity contribution in [2.24, 2.45) is 5.73 Å². The van der Waals surface area contributed by atoms with E-state index in [1.165, 1.54) is 11.3 Å². The first-order valence-corrected chi connectivity index (χ1v) is 14.5. The molecule has 1 aromatic carbocycles. The van der Waals surface area contributed by atoms with Gasteiger partial charge in [-0.05, 0) is 67.9 Å². The smallest absolute Gasteiger partial charge is 0.260 e. The summed E-state index contributed by atoms with van der Waals surface area (Å²) in [6.45, 7) is 8.23. The van der Waals surface area contributed by atoms with E-state index in [4.69, 9.17) is 16.5 Å². The van der Waals surface area contributed by atoms with Gasteiger partial charge in [-0.15, -0.1) is 11.3 Å². The van der Waals surface area contributed by atoms with Crippen LogP contribution < -0.4 is 21.7 Å². The summed E-state index contributed by atoms with van der Waals surface area (Å²) in [6, 6.07) is 9.30. The van der Waals surface area contributed by atoms with Crippen molar-refractivity contribution in [1.82, 2.24) is 10.3 Å². The van der Waals surface area contributed by atoms with Crippen molar-refractivity contribution in [3.8, 4) is 5.75 Å². The van der Waals surface area contributed by atoms with Crippen LogP contribution in [0.3, 0.4) is 0 Å². The number of amides is 1. The number of anilines is 2.